The third-order valence-electron chi connectivity index (χ3n) is 2.52. The molecule has 19 heavy (non-hydrogen) atoms. The van der Waals surface area contributed by atoms with Crippen LogP contribution in [0.25, 0.3) is 10.2 Å². The van der Waals surface area contributed by atoms with Gasteiger partial charge in [0.15, 0.2) is 0 Å². The molecule has 0 bridgehead atoms. The molecular formula is C12H8ClFN4S. The Bertz CT molecular complexity index is 759. The highest BCUT2D eigenvalue weighted by Gasteiger charge is 2.10. The van der Waals surface area contributed by atoms with Gasteiger partial charge in [0.1, 0.15) is 16.5 Å². The minimum Gasteiger partial charge on any atom is -0.368 e. The average molecular weight is 295 g/mol. The van der Waals surface area contributed by atoms with Crippen LogP contribution in [0.4, 0.5) is 21.8 Å². The Kier molecular flexibility index (Phi) is 2.96. The summed E-state index contributed by atoms with van der Waals surface area (Å²) < 4.78 is 13.7. The monoisotopic (exact) mass is 294 g/mol. The number of fused-ring (bicyclic) bond motifs is 1. The number of nitrogens with one attached hydrogen (secondary N) is 1. The van der Waals surface area contributed by atoms with E-state index in [-0.39, 0.29) is 11.6 Å². The van der Waals surface area contributed by atoms with Crippen molar-refractivity contribution in [1.29, 1.82) is 0 Å². The van der Waals surface area contributed by atoms with E-state index in [1.807, 2.05) is 11.4 Å². The lowest BCUT2D eigenvalue weighted by atomic mass is 10.3. The summed E-state index contributed by atoms with van der Waals surface area (Å²) in [5.74, 6) is 0.190. The van der Waals surface area contributed by atoms with Crippen molar-refractivity contribution in [2.75, 3.05) is 11.1 Å². The van der Waals surface area contributed by atoms with Crippen LogP contribution in [0, 0.1) is 5.82 Å². The molecular weight excluding hydrogens is 287 g/mol. The van der Waals surface area contributed by atoms with E-state index in [1.54, 1.807) is 0 Å². The van der Waals surface area contributed by atoms with E-state index in [0.717, 1.165) is 10.2 Å². The molecule has 1 aromatic carbocycles. The molecule has 2 aromatic heterocycles. The van der Waals surface area contributed by atoms with E-state index >= 15 is 0 Å². The highest BCUT2D eigenvalue weighted by Crippen LogP contribution is 2.29. The van der Waals surface area contributed by atoms with Gasteiger partial charge in [-0.25, -0.2) is 9.37 Å². The summed E-state index contributed by atoms with van der Waals surface area (Å²) in [6.07, 6.45) is 0. The molecule has 4 nitrogen and oxygen atoms in total. The number of thiophene rings is 1. The summed E-state index contributed by atoms with van der Waals surface area (Å²) >= 11 is 7.29. The van der Waals surface area contributed by atoms with E-state index in [9.17, 15) is 4.39 Å². The number of halogens is 2. The Morgan fingerprint density at radius 3 is 2.95 bits per heavy atom. The normalized spacial score (nSPS) is 10.8. The van der Waals surface area contributed by atoms with Crippen LogP contribution in [-0.4, -0.2) is 9.97 Å². The van der Waals surface area contributed by atoms with Crippen LogP contribution in [-0.2, 0) is 0 Å². The van der Waals surface area contributed by atoms with Crippen LogP contribution < -0.4 is 11.1 Å². The molecule has 2 heterocycles. The zero-order chi connectivity index (χ0) is 13.4. The third kappa shape index (κ3) is 2.32. The summed E-state index contributed by atoms with van der Waals surface area (Å²) in [7, 11) is 0. The molecule has 3 aromatic rings. The van der Waals surface area contributed by atoms with Crippen molar-refractivity contribution in [3.05, 3.63) is 40.5 Å². The van der Waals surface area contributed by atoms with Crippen molar-refractivity contribution in [3.63, 3.8) is 0 Å². The molecule has 7 heteroatoms. The van der Waals surface area contributed by atoms with Crippen LogP contribution in [0.5, 0.6) is 0 Å². The first-order valence-corrected chi connectivity index (χ1v) is 6.62. The zero-order valence-electron chi connectivity index (χ0n) is 9.52. The van der Waals surface area contributed by atoms with Crippen LogP contribution in [0.3, 0.4) is 0 Å². The van der Waals surface area contributed by atoms with E-state index in [1.165, 1.54) is 29.5 Å². The van der Waals surface area contributed by atoms with Crippen LogP contribution in [0.15, 0.2) is 29.6 Å². The lowest BCUT2D eigenvalue weighted by Crippen LogP contribution is -2.01. The van der Waals surface area contributed by atoms with Crippen molar-refractivity contribution in [2.24, 2.45) is 0 Å². The van der Waals surface area contributed by atoms with Crippen molar-refractivity contribution in [3.8, 4) is 0 Å². The van der Waals surface area contributed by atoms with E-state index in [0.29, 0.717) is 10.8 Å². The van der Waals surface area contributed by atoms with Crippen molar-refractivity contribution in [2.45, 2.75) is 0 Å². The summed E-state index contributed by atoms with van der Waals surface area (Å²) in [6, 6.07) is 6.12. The first kappa shape index (κ1) is 12.1. The molecule has 0 saturated carbocycles. The fourth-order valence-corrected chi connectivity index (χ4v) is 2.63. The molecule has 0 saturated heterocycles. The molecule has 0 atom stereocenters. The SMILES string of the molecule is Nc1nc(Nc2cc(Cl)ccc2F)c2ccsc2n1. The highest BCUT2D eigenvalue weighted by atomic mass is 35.5. The molecule has 0 amide bonds. The largest absolute Gasteiger partial charge is 0.368 e. The molecule has 0 fully saturated rings. The number of nitrogen functional groups attached to an aromatic ring is 1. The summed E-state index contributed by atoms with van der Waals surface area (Å²) in [5, 5.41) is 6.00. The van der Waals surface area contributed by atoms with E-state index in [4.69, 9.17) is 17.3 Å². The van der Waals surface area contributed by atoms with E-state index in [2.05, 4.69) is 15.3 Å². The number of benzene rings is 1. The first-order valence-electron chi connectivity index (χ1n) is 5.36. The predicted octanol–water partition coefficient (Wildman–Crippen LogP) is 3.81. The summed E-state index contributed by atoms with van der Waals surface area (Å²) in [6.45, 7) is 0. The molecule has 96 valence electrons. The van der Waals surface area contributed by atoms with Gasteiger partial charge in [-0.2, -0.15) is 4.98 Å². The van der Waals surface area contributed by atoms with Gasteiger partial charge < -0.3 is 11.1 Å². The molecule has 0 aliphatic carbocycles. The van der Waals surface area contributed by atoms with Crippen molar-refractivity contribution < 1.29 is 4.39 Å². The number of aromatic nitrogens is 2. The van der Waals surface area contributed by atoms with Gasteiger partial charge in [0.25, 0.3) is 0 Å². The number of nitrogens with zero attached hydrogens (tertiary/aromatic N) is 2. The molecule has 0 aliphatic rings. The lowest BCUT2D eigenvalue weighted by Gasteiger charge is -2.08. The number of rotatable bonds is 2. The quantitative estimate of drug-likeness (QED) is 0.754. The van der Waals surface area contributed by atoms with Gasteiger partial charge in [-0.05, 0) is 29.6 Å². The fourth-order valence-electron chi connectivity index (χ4n) is 1.69. The standard InChI is InChI=1S/C12H8ClFN4S/c13-6-1-2-8(14)9(5-6)16-10-7-3-4-19-11(7)18-12(15)17-10/h1-5H,(H3,15,16,17,18). The second-order valence-corrected chi connectivity index (χ2v) is 5.15. The second-order valence-electron chi connectivity index (χ2n) is 3.82. The maximum Gasteiger partial charge on any atom is 0.223 e. The Balaban J connectivity index is 2.10. The van der Waals surface area contributed by atoms with Gasteiger partial charge in [0.05, 0.1) is 11.1 Å². The molecule has 3 N–H and O–H groups in total. The Labute approximate surface area is 117 Å². The third-order valence-corrected chi connectivity index (χ3v) is 3.57. The Morgan fingerprint density at radius 2 is 2.11 bits per heavy atom. The Hall–Kier alpha value is -1.92. The van der Waals surface area contributed by atoms with Crippen LogP contribution in [0.2, 0.25) is 5.02 Å². The fraction of sp³-hybridized carbons (Fsp3) is 0. The first-order chi connectivity index (χ1) is 9.13. The molecule has 3 rings (SSSR count). The van der Waals surface area contributed by atoms with Gasteiger partial charge >= 0.3 is 0 Å². The van der Waals surface area contributed by atoms with Gasteiger partial charge in [-0.3, -0.25) is 0 Å². The number of nitrogens with two attached hydrogens (primary N) is 1. The van der Waals surface area contributed by atoms with Crippen molar-refractivity contribution >= 4 is 50.6 Å². The maximum atomic E-state index is 13.7. The van der Waals surface area contributed by atoms with Crippen LogP contribution >= 0.6 is 22.9 Å². The minimum absolute atomic E-state index is 0.139. The molecule has 0 spiro atoms. The highest BCUT2D eigenvalue weighted by molar-refractivity contribution is 7.16. The van der Waals surface area contributed by atoms with Gasteiger partial charge in [0.2, 0.25) is 5.95 Å². The molecule has 0 aliphatic heterocycles. The molecule has 0 unspecified atom stereocenters. The topological polar surface area (TPSA) is 63.8 Å². The summed E-state index contributed by atoms with van der Waals surface area (Å²) in [5.41, 5.74) is 5.88. The second kappa shape index (κ2) is 4.64. The van der Waals surface area contributed by atoms with Gasteiger partial charge in [-0.15, -0.1) is 11.3 Å². The van der Waals surface area contributed by atoms with E-state index < -0.39 is 5.82 Å². The zero-order valence-corrected chi connectivity index (χ0v) is 11.1. The number of hydrogen-bond donors (Lipinski definition) is 2. The van der Waals surface area contributed by atoms with Gasteiger partial charge in [-0.1, -0.05) is 11.6 Å². The van der Waals surface area contributed by atoms with Crippen LogP contribution in [0.1, 0.15) is 0 Å². The number of hydrogen-bond acceptors (Lipinski definition) is 5. The summed E-state index contributed by atoms with van der Waals surface area (Å²) in [4.78, 5) is 8.94. The number of anilines is 3. The van der Waals surface area contributed by atoms with Gasteiger partial charge in [0, 0.05) is 5.02 Å². The average Bonchev–Trinajstić information content (AvgIpc) is 2.82. The minimum atomic E-state index is -0.412. The molecule has 0 radical (unpaired) electrons. The Morgan fingerprint density at radius 1 is 1.26 bits per heavy atom. The maximum absolute atomic E-state index is 13.7. The predicted molar refractivity (Wildman–Crippen MR) is 76.5 cm³/mol. The van der Waals surface area contributed by atoms with Crippen molar-refractivity contribution in [1.82, 2.24) is 9.97 Å². The lowest BCUT2D eigenvalue weighted by molar-refractivity contribution is 0.632. The smallest absolute Gasteiger partial charge is 0.223 e.